The number of methoxy groups -OCH3 is 1. The number of rotatable bonds is 7. The molecule has 5 heteroatoms. The van der Waals surface area contributed by atoms with Gasteiger partial charge < -0.3 is 15.2 Å². The van der Waals surface area contributed by atoms with E-state index in [1.54, 1.807) is 6.08 Å². The van der Waals surface area contributed by atoms with Crippen LogP contribution in [0.15, 0.2) is 54.3 Å². The Morgan fingerprint density at radius 1 is 1.24 bits per heavy atom. The average molecular weight is 289 g/mol. The monoisotopic (exact) mass is 289 g/mol. The molecule has 112 valence electrons. The molecule has 1 aromatic rings. The lowest BCUT2D eigenvalue weighted by molar-refractivity contribution is -0.146. The summed E-state index contributed by atoms with van der Waals surface area (Å²) in [6.07, 6.45) is 2.55. The van der Waals surface area contributed by atoms with Gasteiger partial charge in [-0.15, -0.1) is 6.58 Å². The van der Waals surface area contributed by atoms with Crippen molar-refractivity contribution >= 4 is 11.9 Å². The molecule has 0 aliphatic rings. The number of carbonyl (C=O) groups excluding carboxylic acids is 2. The van der Waals surface area contributed by atoms with E-state index in [1.807, 2.05) is 30.3 Å². The summed E-state index contributed by atoms with van der Waals surface area (Å²) >= 11 is 0. The van der Waals surface area contributed by atoms with Crippen LogP contribution in [0.25, 0.3) is 0 Å². The van der Waals surface area contributed by atoms with E-state index in [9.17, 15) is 9.59 Å². The summed E-state index contributed by atoms with van der Waals surface area (Å²) < 4.78 is 9.69. The first-order valence-electron chi connectivity index (χ1n) is 6.49. The van der Waals surface area contributed by atoms with Gasteiger partial charge in [0.2, 0.25) is 0 Å². The van der Waals surface area contributed by atoms with E-state index in [0.717, 1.165) is 5.56 Å². The maximum Gasteiger partial charge on any atom is 0.347 e. The number of nitrogens with two attached hydrogens (primary N) is 1. The molecule has 0 atom stereocenters. The maximum absolute atomic E-state index is 12.0. The highest BCUT2D eigenvalue weighted by Crippen LogP contribution is 2.12. The number of hydrogen-bond donors (Lipinski definition) is 1. The van der Waals surface area contributed by atoms with Gasteiger partial charge in [-0.25, -0.2) is 9.59 Å². The highest BCUT2D eigenvalue weighted by atomic mass is 16.5. The molecule has 0 bridgehead atoms. The van der Waals surface area contributed by atoms with Gasteiger partial charge in [0.15, 0.2) is 5.57 Å². The summed E-state index contributed by atoms with van der Waals surface area (Å²) in [5, 5.41) is 0. The molecule has 0 saturated carbocycles. The zero-order chi connectivity index (χ0) is 15.7. The van der Waals surface area contributed by atoms with Crippen molar-refractivity contribution in [1.29, 1.82) is 0 Å². The largest absolute Gasteiger partial charge is 0.465 e. The van der Waals surface area contributed by atoms with Gasteiger partial charge in [0, 0.05) is 5.70 Å². The number of ether oxygens (including phenoxy) is 2. The molecule has 0 amide bonds. The van der Waals surface area contributed by atoms with Crippen LogP contribution in [0, 0.1) is 0 Å². The zero-order valence-corrected chi connectivity index (χ0v) is 12.0. The standard InChI is InChI=1S/C16H19NO4/c1-3-4-10-13(17)14(15(18)20-2)16(19)21-11-12-8-6-5-7-9-12/h3,5-9H,1,4,10-11,17H2,2H3. The van der Waals surface area contributed by atoms with Crippen LogP contribution in [0.3, 0.4) is 0 Å². The molecule has 0 spiro atoms. The Morgan fingerprint density at radius 2 is 1.90 bits per heavy atom. The van der Waals surface area contributed by atoms with Gasteiger partial charge in [0.1, 0.15) is 6.61 Å². The van der Waals surface area contributed by atoms with Crippen molar-refractivity contribution in [2.45, 2.75) is 19.4 Å². The van der Waals surface area contributed by atoms with Gasteiger partial charge in [-0.2, -0.15) is 0 Å². The number of hydrogen-bond acceptors (Lipinski definition) is 5. The summed E-state index contributed by atoms with van der Waals surface area (Å²) in [6, 6.07) is 9.15. The van der Waals surface area contributed by atoms with Crippen molar-refractivity contribution in [2.75, 3.05) is 7.11 Å². The highest BCUT2D eigenvalue weighted by Gasteiger charge is 2.24. The second-order valence-electron chi connectivity index (χ2n) is 4.28. The molecule has 0 aliphatic heterocycles. The minimum atomic E-state index is -0.797. The van der Waals surface area contributed by atoms with E-state index in [2.05, 4.69) is 11.3 Å². The maximum atomic E-state index is 12.0. The van der Waals surface area contributed by atoms with E-state index in [4.69, 9.17) is 10.5 Å². The van der Waals surface area contributed by atoms with Crippen molar-refractivity contribution in [3.8, 4) is 0 Å². The van der Waals surface area contributed by atoms with Crippen LogP contribution < -0.4 is 5.73 Å². The van der Waals surface area contributed by atoms with Crippen molar-refractivity contribution in [3.05, 3.63) is 59.8 Å². The Balaban J connectivity index is 2.81. The Morgan fingerprint density at radius 3 is 2.48 bits per heavy atom. The van der Waals surface area contributed by atoms with Crippen molar-refractivity contribution in [1.82, 2.24) is 0 Å². The minimum Gasteiger partial charge on any atom is -0.465 e. The number of allylic oxidation sites excluding steroid dienone is 2. The Hall–Kier alpha value is -2.56. The third kappa shape index (κ3) is 5.14. The third-order valence-electron chi connectivity index (χ3n) is 2.75. The molecule has 1 aromatic carbocycles. The highest BCUT2D eigenvalue weighted by molar-refractivity contribution is 6.14. The lowest BCUT2D eigenvalue weighted by atomic mass is 10.1. The normalized spacial score (nSPS) is 11.3. The van der Waals surface area contributed by atoms with Crippen LogP contribution in [0.5, 0.6) is 0 Å². The molecule has 0 saturated heterocycles. The summed E-state index contributed by atoms with van der Waals surface area (Å²) in [7, 11) is 1.19. The van der Waals surface area contributed by atoms with Crippen molar-refractivity contribution in [3.63, 3.8) is 0 Å². The van der Waals surface area contributed by atoms with Crippen LogP contribution in [0.2, 0.25) is 0 Å². The zero-order valence-electron chi connectivity index (χ0n) is 12.0. The Labute approximate surface area is 124 Å². The fourth-order valence-corrected chi connectivity index (χ4v) is 1.63. The van der Waals surface area contributed by atoms with Gasteiger partial charge in [-0.3, -0.25) is 0 Å². The Kier molecular flexibility index (Phi) is 6.74. The molecule has 1 rings (SSSR count). The van der Waals surface area contributed by atoms with E-state index < -0.39 is 11.9 Å². The molecule has 0 aliphatic carbocycles. The molecule has 0 heterocycles. The van der Waals surface area contributed by atoms with E-state index in [-0.39, 0.29) is 17.9 Å². The molecule has 0 fully saturated rings. The van der Waals surface area contributed by atoms with E-state index >= 15 is 0 Å². The third-order valence-corrected chi connectivity index (χ3v) is 2.75. The molecule has 5 nitrogen and oxygen atoms in total. The molecule has 0 unspecified atom stereocenters. The summed E-state index contributed by atoms with van der Waals surface area (Å²) in [4.78, 5) is 23.7. The van der Waals surface area contributed by atoms with Gasteiger partial charge >= 0.3 is 11.9 Å². The predicted molar refractivity (Wildman–Crippen MR) is 78.9 cm³/mol. The van der Waals surface area contributed by atoms with Gasteiger partial charge in [0.05, 0.1) is 7.11 Å². The molecule has 0 radical (unpaired) electrons. The van der Waals surface area contributed by atoms with Crippen molar-refractivity contribution < 1.29 is 19.1 Å². The molecule has 21 heavy (non-hydrogen) atoms. The smallest absolute Gasteiger partial charge is 0.347 e. The summed E-state index contributed by atoms with van der Waals surface area (Å²) in [5.74, 6) is -1.58. The first-order valence-corrected chi connectivity index (χ1v) is 6.49. The minimum absolute atomic E-state index is 0.0644. The van der Waals surface area contributed by atoms with Gasteiger partial charge in [-0.1, -0.05) is 36.4 Å². The average Bonchev–Trinajstić information content (AvgIpc) is 2.51. The fourth-order valence-electron chi connectivity index (χ4n) is 1.63. The molecule has 0 aromatic heterocycles. The summed E-state index contributed by atoms with van der Waals surface area (Å²) in [5.41, 5.74) is 6.48. The van der Waals surface area contributed by atoms with Crippen LogP contribution in [0.1, 0.15) is 18.4 Å². The molecule has 2 N–H and O–H groups in total. The van der Waals surface area contributed by atoms with Crippen molar-refractivity contribution in [2.24, 2.45) is 5.73 Å². The SMILES string of the molecule is C=CCCC(N)=C(C(=O)OC)C(=O)OCc1ccccc1. The molecular weight excluding hydrogens is 270 g/mol. The lowest BCUT2D eigenvalue weighted by Crippen LogP contribution is -2.22. The lowest BCUT2D eigenvalue weighted by Gasteiger charge is -2.10. The topological polar surface area (TPSA) is 78.6 Å². The first-order chi connectivity index (χ1) is 10.1. The van der Waals surface area contributed by atoms with Gasteiger partial charge in [-0.05, 0) is 18.4 Å². The van der Waals surface area contributed by atoms with Crippen LogP contribution in [-0.2, 0) is 25.7 Å². The number of carbonyl (C=O) groups is 2. The number of benzene rings is 1. The van der Waals surface area contributed by atoms with Crippen LogP contribution in [-0.4, -0.2) is 19.0 Å². The van der Waals surface area contributed by atoms with Gasteiger partial charge in [0.25, 0.3) is 0 Å². The predicted octanol–water partition coefficient (Wildman–Crippen LogP) is 2.08. The van der Waals surface area contributed by atoms with E-state index in [0.29, 0.717) is 12.8 Å². The van der Waals surface area contributed by atoms with E-state index in [1.165, 1.54) is 7.11 Å². The summed E-state index contributed by atoms with van der Waals surface area (Å²) in [6.45, 7) is 3.63. The second-order valence-corrected chi connectivity index (χ2v) is 4.28. The second kappa shape index (κ2) is 8.58. The fraction of sp³-hybridized carbons (Fsp3) is 0.250. The first kappa shape index (κ1) is 16.5. The quantitative estimate of drug-likeness (QED) is 0.273. The Bertz CT molecular complexity index is 534. The van der Waals surface area contributed by atoms with Crippen LogP contribution >= 0.6 is 0 Å². The molecular formula is C16H19NO4. The number of esters is 2. The van der Waals surface area contributed by atoms with Crippen LogP contribution in [0.4, 0.5) is 0 Å².